The van der Waals surface area contributed by atoms with Gasteiger partial charge in [0.05, 0.1) is 11.7 Å². The summed E-state index contributed by atoms with van der Waals surface area (Å²) in [6, 6.07) is 9.38. The van der Waals surface area contributed by atoms with Gasteiger partial charge in [0.15, 0.2) is 0 Å². The van der Waals surface area contributed by atoms with Crippen molar-refractivity contribution in [2.75, 3.05) is 32.7 Å². The van der Waals surface area contributed by atoms with Crippen molar-refractivity contribution in [3.05, 3.63) is 35.9 Å². The first kappa shape index (κ1) is 21.2. The number of nitrogens with one attached hydrogen (secondary N) is 1. The fourth-order valence-electron chi connectivity index (χ4n) is 3.68. The van der Waals surface area contributed by atoms with Gasteiger partial charge in [0.25, 0.3) is 0 Å². The fraction of sp³-hybridized carbons (Fsp3) is 0.611. The number of carbonyl (C=O) groups is 1. The molecule has 2 unspecified atom stereocenters. The van der Waals surface area contributed by atoms with Gasteiger partial charge in [0.1, 0.15) is 0 Å². The van der Waals surface area contributed by atoms with E-state index in [0.717, 1.165) is 31.5 Å². The Kier molecular flexibility index (Phi) is 7.46. The molecule has 1 N–H and O–H groups in total. The Bertz CT molecular complexity index is 699. The van der Waals surface area contributed by atoms with Gasteiger partial charge in [-0.25, -0.2) is 12.7 Å². The Labute approximate surface area is 162 Å². The van der Waals surface area contributed by atoms with Crippen LogP contribution in [0.1, 0.15) is 25.3 Å². The topological polar surface area (TPSA) is 69.7 Å². The highest BCUT2D eigenvalue weighted by molar-refractivity contribution is 7.88. The summed E-state index contributed by atoms with van der Waals surface area (Å²) in [6.07, 6.45) is 1.51. The number of amides is 1. The molecule has 1 aromatic rings. The van der Waals surface area contributed by atoms with Gasteiger partial charge in [0.2, 0.25) is 15.9 Å². The molecule has 2 saturated heterocycles. The van der Waals surface area contributed by atoms with E-state index in [1.54, 1.807) is 0 Å². The molecule has 0 aliphatic carbocycles. The van der Waals surface area contributed by atoms with Gasteiger partial charge < -0.3 is 10.2 Å². The Hall–Kier alpha value is -1.15. The monoisotopic (exact) mass is 401 g/mol. The molecule has 0 radical (unpaired) electrons. The highest BCUT2D eigenvalue weighted by Gasteiger charge is 2.35. The molecule has 6 nitrogen and oxygen atoms in total. The fourth-order valence-corrected chi connectivity index (χ4v) is 5.29. The molecule has 0 spiro atoms. The second-order valence-corrected chi connectivity index (χ2v) is 8.99. The van der Waals surface area contributed by atoms with Crippen molar-refractivity contribution >= 4 is 28.3 Å². The van der Waals surface area contributed by atoms with Gasteiger partial charge in [0, 0.05) is 38.8 Å². The summed E-state index contributed by atoms with van der Waals surface area (Å²) in [7, 11) is -3.40. The molecule has 2 heterocycles. The van der Waals surface area contributed by atoms with Crippen molar-refractivity contribution in [3.8, 4) is 0 Å². The Morgan fingerprint density at radius 2 is 1.96 bits per heavy atom. The number of hydrogen-bond donors (Lipinski definition) is 1. The highest BCUT2D eigenvalue weighted by Crippen LogP contribution is 2.24. The minimum absolute atomic E-state index is 0. The lowest BCUT2D eigenvalue weighted by atomic mass is 9.97. The second-order valence-electron chi connectivity index (χ2n) is 7.02. The number of carbonyl (C=O) groups excluding carboxylic acids is 1. The second kappa shape index (κ2) is 9.17. The van der Waals surface area contributed by atoms with Gasteiger partial charge in [-0.3, -0.25) is 4.79 Å². The first-order chi connectivity index (χ1) is 12.0. The van der Waals surface area contributed by atoms with Crippen LogP contribution in [0.5, 0.6) is 0 Å². The Balaban J connectivity index is 0.00000243. The highest BCUT2D eigenvalue weighted by atomic mass is 35.5. The normalized spacial score (nSPS) is 24.7. The van der Waals surface area contributed by atoms with Crippen molar-refractivity contribution in [2.24, 2.45) is 5.92 Å². The zero-order valence-corrected chi connectivity index (χ0v) is 16.8. The summed E-state index contributed by atoms with van der Waals surface area (Å²) in [5, 5.41) is 3.28. The summed E-state index contributed by atoms with van der Waals surface area (Å²) in [5.74, 6) is -0.118. The molecule has 1 aromatic carbocycles. The van der Waals surface area contributed by atoms with Crippen LogP contribution in [-0.4, -0.2) is 62.3 Å². The third-order valence-corrected chi connectivity index (χ3v) is 6.92. The van der Waals surface area contributed by atoms with E-state index in [1.165, 1.54) is 4.31 Å². The number of nitrogens with zero attached hydrogens (tertiary/aromatic N) is 2. The third kappa shape index (κ3) is 4.97. The van der Waals surface area contributed by atoms with Crippen LogP contribution < -0.4 is 5.32 Å². The molecule has 0 bridgehead atoms. The maximum absolute atomic E-state index is 12.9. The molecule has 146 valence electrons. The molecule has 26 heavy (non-hydrogen) atoms. The van der Waals surface area contributed by atoms with Crippen LogP contribution in [0, 0.1) is 5.92 Å². The van der Waals surface area contributed by atoms with Crippen molar-refractivity contribution in [1.82, 2.24) is 14.5 Å². The van der Waals surface area contributed by atoms with E-state index in [0.29, 0.717) is 19.6 Å². The van der Waals surface area contributed by atoms with E-state index < -0.39 is 10.0 Å². The van der Waals surface area contributed by atoms with E-state index in [1.807, 2.05) is 42.2 Å². The van der Waals surface area contributed by atoms with E-state index in [-0.39, 0.29) is 36.0 Å². The van der Waals surface area contributed by atoms with Crippen molar-refractivity contribution < 1.29 is 13.2 Å². The van der Waals surface area contributed by atoms with Crippen LogP contribution in [0.15, 0.2) is 30.3 Å². The number of hydrogen-bond acceptors (Lipinski definition) is 4. The van der Waals surface area contributed by atoms with E-state index in [9.17, 15) is 13.2 Å². The molecule has 8 heteroatoms. The SMILES string of the molecule is CC1CNCCN1C(=O)C1CCCN(S(=O)(=O)Cc2ccccc2)C1.Cl. The standard InChI is InChI=1S/C18H27N3O3S.ClH/c1-15-12-19-9-11-21(15)18(22)17-8-5-10-20(13-17)25(23,24)14-16-6-3-2-4-7-16;/h2-4,6-7,15,17,19H,5,8-14H2,1H3;1H. The zero-order chi connectivity index (χ0) is 17.9. The molecule has 0 aromatic heterocycles. The van der Waals surface area contributed by atoms with Crippen LogP contribution in [0.2, 0.25) is 0 Å². The number of piperidine rings is 1. The molecule has 3 rings (SSSR count). The summed E-state index contributed by atoms with van der Waals surface area (Å²) in [6.45, 7) is 5.16. The lowest BCUT2D eigenvalue weighted by Gasteiger charge is -2.39. The van der Waals surface area contributed by atoms with Crippen molar-refractivity contribution in [1.29, 1.82) is 0 Å². The lowest BCUT2D eigenvalue weighted by molar-refractivity contribution is -0.139. The minimum Gasteiger partial charge on any atom is -0.337 e. The molecule has 1 amide bonds. The number of rotatable bonds is 4. The molecule has 2 aliphatic heterocycles. The minimum atomic E-state index is -3.40. The molecular formula is C18H28ClN3O3S. The molecular weight excluding hydrogens is 374 g/mol. The largest absolute Gasteiger partial charge is 0.337 e. The molecule has 2 atom stereocenters. The van der Waals surface area contributed by atoms with E-state index >= 15 is 0 Å². The Morgan fingerprint density at radius 3 is 2.65 bits per heavy atom. The van der Waals surface area contributed by atoms with Crippen LogP contribution in [0.25, 0.3) is 0 Å². The van der Waals surface area contributed by atoms with Gasteiger partial charge in [-0.2, -0.15) is 0 Å². The maximum Gasteiger partial charge on any atom is 0.227 e. The van der Waals surface area contributed by atoms with E-state index in [2.05, 4.69) is 5.32 Å². The van der Waals surface area contributed by atoms with Crippen LogP contribution in [0.3, 0.4) is 0 Å². The van der Waals surface area contributed by atoms with Gasteiger partial charge in [-0.1, -0.05) is 30.3 Å². The quantitative estimate of drug-likeness (QED) is 0.829. The first-order valence-electron chi connectivity index (χ1n) is 9.00. The average molecular weight is 402 g/mol. The predicted molar refractivity (Wildman–Crippen MR) is 105 cm³/mol. The van der Waals surface area contributed by atoms with Gasteiger partial charge >= 0.3 is 0 Å². The Morgan fingerprint density at radius 1 is 1.23 bits per heavy atom. The summed E-state index contributed by atoms with van der Waals surface area (Å²) >= 11 is 0. The first-order valence-corrected chi connectivity index (χ1v) is 10.6. The molecule has 2 aliphatic rings. The zero-order valence-electron chi connectivity index (χ0n) is 15.1. The summed E-state index contributed by atoms with van der Waals surface area (Å²) < 4.78 is 27.0. The summed E-state index contributed by atoms with van der Waals surface area (Å²) in [5.41, 5.74) is 0.784. The van der Waals surface area contributed by atoms with Gasteiger partial charge in [-0.05, 0) is 25.3 Å². The van der Waals surface area contributed by atoms with Crippen LogP contribution in [-0.2, 0) is 20.6 Å². The van der Waals surface area contributed by atoms with Gasteiger partial charge in [-0.15, -0.1) is 12.4 Å². The summed E-state index contributed by atoms with van der Waals surface area (Å²) in [4.78, 5) is 14.8. The third-order valence-electron chi connectivity index (χ3n) is 5.10. The van der Waals surface area contributed by atoms with Crippen LogP contribution in [0.4, 0.5) is 0 Å². The number of piperazine rings is 1. The number of sulfonamides is 1. The molecule has 0 saturated carbocycles. The number of benzene rings is 1. The van der Waals surface area contributed by atoms with E-state index in [4.69, 9.17) is 0 Å². The molecule has 2 fully saturated rings. The van der Waals surface area contributed by atoms with Crippen molar-refractivity contribution in [3.63, 3.8) is 0 Å². The predicted octanol–water partition coefficient (Wildman–Crippen LogP) is 1.47. The van der Waals surface area contributed by atoms with Crippen molar-refractivity contribution in [2.45, 2.75) is 31.6 Å². The number of halogens is 1. The van der Waals surface area contributed by atoms with Crippen LogP contribution >= 0.6 is 12.4 Å². The smallest absolute Gasteiger partial charge is 0.227 e. The maximum atomic E-state index is 12.9. The average Bonchev–Trinajstić information content (AvgIpc) is 2.62. The lowest BCUT2D eigenvalue weighted by Crippen LogP contribution is -2.56.